The highest BCUT2D eigenvalue weighted by Gasteiger charge is 2.23. The molecule has 7 nitrogen and oxygen atoms in total. The second-order valence-electron chi connectivity index (χ2n) is 7.50. The third kappa shape index (κ3) is 6.74. The highest BCUT2D eigenvalue weighted by Crippen LogP contribution is 2.19. The predicted octanol–water partition coefficient (Wildman–Crippen LogP) is 3.71. The first-order valence-corrected chi connectivity index (χ1v) is 10.7. The molecule has 0 aliphatic carbocycles. The Morgan fingerprint density at radius 3 is 2.09 bits per heavy atom. The van der Waals surface area contributed by atoms with Crippen molar-refractivity contribution in [3.8, 4) is 11.5 Å². The van der Waals surface area contributed by atoms with Crippen LogP contribution in [0.25, 0.3) is 0 Å². The molecule has 0 spiro atoms. The van der Waals surface area contributed by atoms with Crippen molar-refractivity contribution in [2.24, 2.45) is 0 Å². The minimum Gasteiger partial charge on any atom is -0.497 e. The lowest BCUT2D eigenvalue weighted by atomic mass is 10.0. The second kappa shape index (κ2) is 11.6. The molecule has 3 N–H and O–H groups in total. The van der Waals surface area contributed by atoms with Gasteiger partial charge < -0.3 is 25.4 Å². The Labute approximate surface area is 194 Å². The lowest BCUT2D eigenvalue weighted by Crippen LogP contribution is -2.41. The van der Waals surface area contributed by atoms with Gasteiger partial charge in [-0.05, 0) is 61.0 Å². The van der Waals surface area contributed by atoms with E-state index in [4.69, 9.17) is 9.47 Å². The third-order valence-corrected chi connectivity index (χ3v) is 5.11. The van der Waals surface area contributed by atoms with Crippen LogP contribution in [0, 0.1) is 6.92 Å². The Morgan fingerprint density at radius 2 is 1.48 bits per heavy atom. The van der Waals surface area contributed by atoms with E-state index in [2.05, 4.69) is 16.0 Å². The molecule has 0 heterocycles. The number of aryl methyl sites for hydroxylation is 1. The van der Waals surface area contributed by atoms with E-state index in [-0.39, 0.29) is 11.8 Å². The molecule has 0 saturated carbocycles. The Balaban J connectivity index is 1.65. The summed E-state index contributed by atoms with van der Waals surface area (Å²) in [6.45, 7) is 2.83. The minimum absolute atomic E-state index is 0.294. The zero-order valence-corrected chi connectivity index (χ0v) is 19.1. The molecule has 1 unspecified atom stereocenters. The summed E-state index contributed by atoms with van der Waals surface area (Å²) in [6.07, 6.45) is 0. The average molecular weight is 448 g/mol. The van der Waals surface area contributed by atoms with Gasteiger partial charge in [-0.1, -0.05) is 29.8 Å². The molecule has 3 aromatic rings. The largest absolute Gasteiger partial charge is 0.497 e. The van der Waals surface area contributed by atoms with Crippen molar-refractivity contribution in [2.75, 3.05) is 32.6 Å². The molecule has 0 fully saturated rings. The molecule has 3 rings (SSSR count). The number of rotatable bonds is 10. The maximum absolute atomic E-state index is 13.0. The first kappa shape index (κ1) is 23.7. The Morgan fingerprint density at radius 1 is 0.848 bits per heavy atom. The Kier molecular flexibility index (Phi) is 8.30. The van der Waals surface area contributed by atoms with E-state index >= 15 is 0 Å². The molecular formula is C26H29N3O4. The molecule has 2 amide bonds. The minimum atomic E-state index is -0.843. The van der Waals surface area contributed by atoms with Crippen molar-refractivity contribution >= 4 is 17.5 Å². The van der Waals surface area contributed by atoms with Gasteiger partial charge in [-0.3, -0.25) is 9.59 Å². The lowest BCUT2D eigenvalue weighted by molar-refractivity contribution is -0.123. The molecule has 0 aliphatic heterocycles. The number of benzene rings is 3. The zero-order valence-electron chi connectivity index (χ0n) is 19.1. The van der Waals surface area contributed by atoms with E-state index in [1.165, 1.54) is 0 Å². The summed E-state index contributed by atoms with van der Waals surface area (Å²) in [5.41, 5.74) is 3.06. The number of anilines is 1. The number of nitrogens with one attached hydrogen (secondary N) is 3. The van der Waals surface area contributed by atoms with Crippen molar-refractivity contribution in [3.05, 3.63) is 89.5 Å². The summed E-state index contributed by atoms with van der Waals surface area (Å²) in [7, 11) is 3.20. The smallest absolute Gasteiger partial charge is 0.252 e. The normalized spacial score (nSPS) is 11.2. The van der Waals surface area contributed by atoms with Crippen LogP contribution >= 0.6 is 0 Å². The van der Waals surface area contributed by atoms with Gasteiger partial charge in [0.25, 0.3) is 5.91 Å². The molecule has 0 radical (unpaired) electrons. The van der Waals surface area contributed by atoms with E-state index < -0.39 is 6.04 Å². The second-order valence-corrected chi connectivity index (χ2v) is 7.50. The van der Waals surface area contributed by atoms with Crippen molar-refractivity contribution in [2.45, 2.75) is 13.0 Å². The van der Waals surface area contributed by atoms with Crippen LogP contribution in [0.2, 0.25) is 0 Å². The van der Waals surface area contributed by atoms with Crippen LogP contribution in [0.15, 0.2) is 72.8 Å². The Hall–Kier alpha value is -4.00. The number of amides is 2. The monoisotopic (exact) mass is 447 g/mol. The molecule has 0 bridgehead atoms. The fourth-order valence-corrected chi connectivity index (χ4v) is 3.30. The van der Waals surface area contributed by atoms with Crippen molar-refractivity contribution in [1.82, 2.24) is 10.6 Å². The molecule has 0 aliphatic rings. The maximum Gasteiger partial charge on any atom is 0.252 e. The van der Waals surface area contributed by atoms with Crippen molar-refractivity contribution < 1.29 is 19.1 Å². The molecule has 7 heteroatoms. The van der Waals surface area contributed by atoms with Crippen LogP contribution in [-0.2, 0) is 4.79 Å². The van der Waals surface area contributed by atoms with Gasteiger partial charge in [0.05, 0.1) is 14.2 Å². The van der Waals surface area contributed by atoms with Crippen LogP contribution in [0.3, 0.4) is 0 Å². The van der Waals surface area contributed by atoms with Crippen molar-refractivity contribution in [1.29, 1.82) is 0 Å². The van der Waals surface area contributed by atoms with Gasteiger partial charge in [0.15, 0.2) is 0 Å². The number of ether oxygens (including phenoxy) is 2. The summed E-state index contributed by atoms with van der Waals surface area (Å²) in [6, 6.07) is 21.0. The standard InChI is InChI=1S/C26H29N3O4/c1-18-5-4-6-20(17-18)25(30)29-24(19-7-11-22(32-2)12-8-19)26(31)28-16-15-27-21-9-13-23(33-3)14-10-21/h4-14,17,24,27H,15-16H2,1-3H3,(H,28,31)(H,29,30). The van der Waals surface area contributed by atoms with Gasteiger partial charge in [0, 0.05) is 24.3 Å². The van der Waals surface area contributed by atoms with E-state index in [9.17, 15) is 9.59 Å². The maximum atomic E-state index is 13.0. The lowest BCUT2D eigenvalue weighted by Gasteiger charge is -2.20. The van der Waals surface area contributed by atoms with Gasteiger partial charge >= 0.3 is 0 Å². The third-order valence-electron chi connectivity index (χ3n) is 5.11. The van der Waals surface area contributed by atoms with Crippen LogP contribution in [0.4, 0.5) is 5.69 Å². The zero-order chi connectivity index (χ0) is 23.6. The van der Waals surface area contributed by atoms with E-state index in [0.29, 0.717) is 30.0 Å². The highest BCUT2D eigenvalue weighted by molar-refractivity contribution is 5.98. The number of carbonyl (C=O) groups excluding carboxylic acids is 2. The molecule has 172 valence electrons. The Bertz CT molecular complexity index is 1070. The SMILES string of the molecule is COc1ccc(NCCNC(=O)C(NC(=O)c2cccc(C)c2)c2ccc(OC)cc2)cc1. The van der Waals surface area contributed by atoms with Gasteiger partial charge in [0.1, 0.15) is 17.5 Å². The van der Waals surface area contributed by atoms with E-state index in [0.717, 1.165) is 17.0 Å². The molecule has 3 aromatic carbocycles. The van der Waals surface area contributed by atoms with E-state index in [1.54, 1.807) is 50.6 Å². The first-order chi connectivity index (χ1) is 16.0. The van der Waals surface area contributed by atoms with Crippen LogP contribution in [-0.4, -0.2) is 39.1 Å². The molecule has 0 aromatic heterocycles. The first-order valence-electron chi connectivity index (χ1n) is 10.7. The number of hydrogen-bond donors (Lipinski definition) is 3. The van der Waals surface area contributed by atoms with Gasteiger partial charge in [-0.25, -0.2) is 0 Å². The summed E-state index contributed by atoms with van der Waals surface area (Å²) < 4.78 is 10.4. The quantitative estimate of drug-likeness (QED) is 0.413. The predicted molar refractivity (Wildman–Crippen MR) is 129 cm³/mol. The van der Waals surface area contributed by atoms with Gasteiger partial charge in [-0.15, -0.1) is 0 Å². The number of hydrogen-bond acceptors (Lipinski definition) is 5. The summed E-state index contributed by atoms with van der Waals surface area (Å²) >= 11 is 0. The summed E-state index contributed by atoms with van der Waals surface area (Å²) in [5.74, 6) is 0.843. The van der Waals surface area contributed by atoms with Crippen molar-refractivity contribution in [3.63, 3.8) is 0 Å². The molecule has 1 atom stereocenters. The van der Waals surface area contributed by atoms with Gasteiger partial charge in [-0.2, -0.15) is 0 Å². The number of carbonyl (C=O) groups is 2. The van der Waals surface area contributed by atoms with Crippen LogP contribution in [0.5, 0.6) is 11.5 Å². The summed E-state index contributed by atoms with van der Waals surface area (Å²) in [4.78, 5) is 25.9. The van der Waals surface area contributed by atoms with Gasteiger partial charge in [0.2, 0.25) is 5.91 Å². The topological polar surface area (TPSA) is 88.7 Å². The fraction of sp³-hybridized carbons (Fsp3) is 0.231. The molecular weight excluding hydrogens is 418 g/mol. The highest BCUT2D eigenvalue weighted by atomic mass is 16.5. The van der Waals surface area contributed by atoms with E-state index in [1.807, 2.05) is 43.3 Å². The average Bonchev–Trinajstić information content (AvgIpc) is 2.85. The molecule has 33 heavy (non-hydrogen) atoms. The fourth-order valence-electron chi connectivity index (χ4n) is 3.30. The number of methoxy groups -OCH3 is 2. The van der Waals surface area contributed by atoms with Crippen LogP contribution < -0.4 is 25.4 Å². The molecule has 0 saturated heterocycles. The summed E-state index contributed by atoms with van der Waals surface area (Å²) in [5, 5.41) is 9.00. The van der Waals surface area contributed by atoms with Crippen LogP contribution in [0.1, 0.15) is 27.5 Å².